The van der Waals surface area contributed by atoms with Gasteiger partial charge in [0.1, 0.15) is 11.9 Å². The number of hydrogen-bond acceptors (Lipinski definition) is 5. The van der Waals surface area contributed by atoms with E-state index in [0.717, 1.165) is 24.4 Å². The van der Waals surface area contributed by atoms with Gasteiger partial charge in [-0.05, 0) is 26.3 Å². The van der Waals surface area contributed by atoms with Crippen LogP contribution in [0.25, 0.3) is 0 Å². The molecule has 0 amide bonds. The van der Waals surface area contributed by atoms with Crippen molar-refractivity contribution in [3.05, 3.63) is 6.33 Å². The molecule has 1 aliphatic carbocycles. The molecule has 1 heterocycles. The van der Waals surface area contributed by atoms with Gasteiger partial charge < -0.3 is 9.88 Å². The Morgan fingerprint density at radius 1 is 1.75 bits per heavy atom. The van der Waals surface area contributed by atoms with Gasteiger partial charge in [-0.25, -0.2) is 0 Å². The van der Waals surface area contributed by atoms with E-state index in [0.29, 0.717) is 5.25 Å². The van der Waals surface area contributed by atoms with Gasteiger partial charge in [-0.1, -0.05) is 11.8 Å². The maximum absolute atomic E-state index is 9.16. The average Bonchev–Trinajstić information content (AvgIpc) is 2.88. The fourth-order valence-corrected chi connectivity index (χ4v) is 3.22. The van der Waals surface area contributed by atoms with Gasteiger partial charge in [0.2, 0.25) is 0 Å². The van der Waals surface area contributed by atoms with E-state index in [9.17, 15) is 0 Å². The molecule has 0 spiro atoms. The number of rotatable bonds is 3. The maximum atomic E-state index is 9.16. The number of nitriles is 1. The average molecular weight is 237 g/mol. The molecule has 0 radical (unpaired) electrons. The molecule has 1 aromatic rings. The highest BCUT2D eigenvalue weighted by atomic mass is 32.2. The Labute approximate surface area is 99.2 Å². The van der Waals surface area contributed by atoms with Crippen LogP contribution < -0.4 is 5.32 Å². The summed E-state index contributed by atoms with van der Waals surface area (Å²) in [5, 5.41) is 21.6. The largest absolute Gasteiger partial charge is 0.312 e. The highest BCUT2D eigenvalue weighted by molar-refractivity contribution is 7.99. The van der Waals surface area contributed by atoms with Crippen LogP contribution in [0.4, 0.5) is 0 Å². The first-order valence-electron chi connectivity index (χ1n) is 5.30. The van der Waals surface area contributed by atoms with Gasteiger partial charge >= 0.3 is 0 Å². The van der Waals surface area contributed by atoms with Crippen LogP contribution in [-0.2, 0) is 7.05 Å². The second-order valence-corrected chi connectivity index (χ2v) is 5.42. The van der Waals surface area contributed by atoms with Crippen molar-refractivity contribution in [2.75, 3.05) is 7.05 Å². The smallest absolute Gasteiger partial charge is 0.191 e. The number of nitrogens with zero attached hydrogens (tertiary/aromatic N) is 4. The van der Waals surface area contributed by atoms with Gasteiger partial charge in [0.05, 0.1) is 6.07 Å². The van der Waals surface area contributed by atoms with Crippen molar-refractivity contribution in [1.82, 2.24) is 20.1 Å². The number of hydrogen-bond donors (Lipinski definition) is 1. The molecule has 0 saturated heterocycles. The molecule has 2 unspecified atom stereocenters. The molecule has 16 heavy (non-hydrogen) atoms. The van der Waals surface area contributed by atoms with E-state index in [1.807, 2.05) is 18.7 Å². The summed E-state index contributed by atoms with van der Waals surface area (Å²) in [7, 11) is 3.80. The van der Waals surface area contributed by atoms with Crippen LogP contribution in [0.2, 0.25) is 0 Å². The summed E-state index contributed by atoms with van der Waals surface area (Å²) >= 11 is 1.72. The van der Waals surface area contributed by atoms with Crippen molar-refractivity contribution in [2.45, 2.75) is 35.2 Å². The van der Waals surface area contributed by atoms with Gasteiger partial charge in [-0.3, -0.25) is 0 Å². The van der Waals surface area contributed by atoms with Gasteiger partial charge in [0.15, 0.2) is 5.16 Å². The van der Waals surface area contributed by atoms with E-state index in [2.05, 4.69) is 21.6 Å². The predicted octanol–water partition coefficient (Wildman–Crippen LogP) is 0.941. The molecule has 1 aromatic heterocycles. The van der Waals surface area contributed by atoms with Crippen LogP contribution in [0.5, 0.6) is 0 Å². The highest BCUT2D eigenvalue weighted by Gasteiger charge is 2.38. The molecule has 2 atom stereocenters. The molecule has 0 aromatic carbocycles. The molecule has 1 aliphatic rings. The van der Waals surface area contributed by atoms with Crippen LogP contribution >= 0.6 is 11.8 Å². The van der Waals surface area contributed by atoms with Crippen LogP contribution in [0.15, 0.2) is 11.5 Å². The van der Waals surface area contributed by atoms with Gasteiger partial charge in [-0.2, -0.15) is 5.26 Å². The third kappa shape index (κ3) is 2.06. The molecule has 1 saturated carbocycles. The number of aromatic nitrogens is 3. The van der Waals surface area contributed by atoms with Crippen molar-refractivity contribution < 1.29 is 0 Å². The van der Waals surface area contributed by atoms with Gasteiger partial charge in [0.25, 0.3) is 0 Å². The lowest BCUT2D eigenvalue weighted by molar-refractivity contribution is 0.464. The van der Waals surface area contributed by atoms with Gasteiger partial charge in [-0.15, -0.1) is 10.2 Å². The molecule has 6 heteroatoms. The maximum Gasteiger partial charge on any atom is 0.191 e. The third-order valence-corrected chi connectivity index (χ3v) is 4.42. The van der Waals surface area contributed by atoms with E-state index >= 15 is 0 Å². The Balaban J connectivity index is 2.00. The summed E-state index contributed by atoms with van der Waals surface area (Å²) in [5.74, 6) is 0. The standard InChI is InChI=1S/C10H15N5S/c1-12-10(6-11)4-3-8(5-10)16-9-14-13-7-15(9)2/h7-8,12H,3-5H2,1-2H3. The van der Waals surface area contributed by atoms with Crippen molar-refractivity contribution >= 4 is 11.8 Å². The molecule has 0 aliphatic heterocycles. The third-order valence-electron chi connectivity index (χ3n) is 3.10. The summed E-state index contributed by atoms with van der Waals surface area (Å²) in [4.78, 5) is 0. The first kappa shape index (κ1) is 11.4. The zero-order chi connectivity index (χ0) is 11.6. The monoisotopic (exact) mass is 237 g/mol. The summed E-state index contributed by atoms with van der Waals surface area (Å²) in [6, 6.07) is 2.38. The van der Waals surface area contributed by atoms with Crippen LogP contribution in [0.1, 0.15) is 19.3 Å². The molecule has 2 rings (SSSR count). The predicted molar refractivity (Wildman–Crippen MR) is 61.9 cm³/mol. The fraction of sp³-hybridized carbons (Fsp3) is 0.700. The fourth-order valence-electron chi connectivity index (χ4n) is 2.01. The van der Waals surface area contributed by atoms with E-state index in [1.165, 1.54) is 0 Å². The number of nitrogens with one attached hydrogen (secondary N) is 1. The molecule has 1 fully saturated rings. The summed E-state index contributed by atoms with van der Waals surface area (Å²) < 4.78 is 1.91. The lowest BCUT2D eigenvalue weighted by atomic mass is 10.0. The number of thioether (sulfide) groups is 1. The summed E-state index contributed by atoms with van der Waals surface area (Å²) in [5.41, 5.74) is -0.337. The Morgan fingerprint density at radius 2 is 2.56 bits per heavy atom. The second-order valence-electron chi connectivity index (χ2n) is 4.15. The zero-order valence-corrected chi connectivity index (χ0v) is 10.3. The topological polar surface area (TPSA) is 66.5 Å². The minimum Gasteiger partial charge on any atom is -0.312 e. The number of aryl methyl sites for hydroxylation is 1. The normalized spacial score (nSPS) is 29.2. The lowest BCUT2D eigenvalue weighted by Crippen LogP contribution is -2.38. The molecular weight excluding hydrogens is 222 g/mol. The van der Waals surface area contributed by atoms with E-state index in [-0.39, 0.29) is 5.54 Å². The lowest BCUT2D eigenvalue weighted by Gasteiger charge is -2.19. The first-order valence-corrected chi connectivity index (χ1v) is 6.18. The highest BCUT2D eigenvalue weighted by Crippen LogP contribution is 2.38. The first-order chi connectivity index (χ1) is 7.69. The minimum absolute atomic E-state index is 0.337. The molecular formula is C10H15N5S. The zero-order valence-electron chi connectivity index (χ0n) is 9.47. The van der Waals surface area contributed by atoms with E-state index < -0.39 is 0 Å². The van der Waals surface area contributed by atoms with E-state index in [4.69, 9.17) is 5.26 Å². The minimum atomic E-state index is -0.337. The van der Waals surface area contributed by atoms with Crippen LogP contribution in [0, 0.1) is 11.3 Å². The molecule has 86 valence electrons. The molecule has 1 N–H and O–H groups in total. The molecule has 0 bridgehead atoms. The Bertz CT molecular complexity index is 410. The summed E-state index contributed by atoms with van der Waals surface area (Å²) in [6.45, 7) is 0. The van der Waals surface area contributed by atoms with Crippen molar-refractivity contribution in [1.29, 1.82) is 5.26 Å². The second kappa shape index (κ2) is 4.44. The summed E-state index contributed by atoms with van der Waals surface area (Å²) in [6.07, 6.45) is 4.53. The SMILES string of the molecule is CNC1(C#N)CCC(Sc2nncn2C)C1. The van der Waals surface area contributed by atoms with Gasteiger partial charge in [0, 0.05) is 12.3 Å². The van der Waals surface area contributed by atoms with E-state index in [1.54, 1.807) is 18.1 Å². The Morgan fingerprint density at radius 3 is 3.06 bits per heavy atom. The molecule has 5 nitrogen and oxygen atoms in total. The van der Waals surface area contributed by atoms with Crippen molar-refractivity contribution in [3.8, 4) is 6.07 Å². The quantitative estimate of drug-likeness (QED) is 0.847. The Kier molecular flexibility index (Phi) is 3.17. The van der Waals surface area contributed by atoms with Crippen LogP contribution in [-0.4, -0.2) is 32.6 Å². The van der Waals surface area contributed by atoms with Crippen molar-refractivity contribution in [3.63, 3.8) is 0 Å². The van der Waals surface area contributed by atoms with Crippen LogP contribution in [0.3, 0.4) is 0 Å². The van der Waals surface area contributed by atoms with Crippen molar-refractivity contribution in [2.24, 2.45) is 7.05 Å². The Hall–Kier alpha value is -1.06.